The molecule has 0 radical (unpaired) electrons. The Hall–Kier alpha value is -2.90. The van der Waals surface area contributed by atoms with Gasteiger partial charge in [-0.3, -0.25) is 5.10 Å². The van der Waals surface area contributed by atoms with E-state index in [1.165, 1.54) is 18.5 Å². The van der Waals surface area contributed by atoms with Gasteiger partial charge in [-0.2, -0.15) is 5.10 Å². The van der Waals surface area contributed by atoms with E-state index >= 15 is 0 Å². The average molecular weight is 383 g/mol. The quantitative estimate of drug-likeness (QED) is 0.738. The zero-order valence-corrected chi connectivity index (χ0v) is 15.7. The summed E-state index contributed by atoms with van der Waals surface area (Å²) in [5.41, 5.74) is 2.25. The molecule has 3 aliphatic rings. The molecule has 28 heavy (non-hydrogen) atoms. The fourth-order valence-electron chi connectivity index (χ4n) is 3.81. The number of anilines is 1. The highest BCUT2D eigenvalue weighted by Crippen LogP contribution is 2.40. The highest BCUT2D eigenvalue weighted by Gasteiger charge is 2.27. The second-order valence-corrected chi connectivity index (χ2v) is 7.73. The second-order valence-electron chi connectivity index (χ2n) is 7.73. The van der Waals surface area contributed by atoms with Crippen LogP contribution in [-0.4, -0.2) is 42.2 Å². The highest BCUT2D eigenvalue weighted by molar-refractivity contribution is 5.74. The van der Waals surface area contributed by atoms with Gasteiger partial charge in [0.15, 0.2) is 17.3 Å². The first kappa shape index (κ1) is 17.2. The number of aromatic nitrogens is 2. The maximum absolute atomic E-state index is 12.2. The predicted molar refractivity (Wildman–Crippen MR) is 104 cm³/mol. The number of aromatic amines is 1. The first-order chi connectivity index (χ1) is 13.7. The van der Waals surface area contributed by atoms with Crippen LogP contribution in [0.2, 0.25) is 0 Å². The normalized spacial score (nSPS) is 18.9. The first-order valence-electron chi connectivity index (χ1n) is 9.98. The summed E-state index contributed by atoms with van der Waals surface area (Å²) < 4.78 is 10.7. The molecule has 1 saturated carbocycles. The number of ether oxygens (including phenoxy) is 2. The van der Waals surface area contributed by atoms with Gasteiger partial charge in [0.25, 0.3) is 0 Å². The number of piperidine rings is 1. The number of carbonyl (C=O) groups excluding carboxylic acids is 1. The van der Waals surface area contributed by atoms with Gasteiger partial charge < -0.3 is 25.0 Å². The molecule has 2 aliphatic heterocycles. The highest BCUT2D eigenvalue weighted by atomic mass is 16.7. The number of nitrogens with zero attached hydrogens (tertiary/aromatic N) is 2. The van der Waals surface area contributed by atoms with Gasteiger partial charge in [-0.25, -0.2) is 4.79 Å². The average Bonchev–Trinajstić information content (AvgIpc) is 3.26. The zero-order valence-electron chi connectivity index (χ0n) is 15.7. The topological polar surface area (TPSA) is 91.5 Å². The molecule has 5 rings (SSSR count). The summed E-state index contributed by atoms with van der Waals surface area (Å²) in [6, 6.07) is 7.95. The molecule has 0 spiro atoms. The van der Waals surface area contributed by atoms with E-state index in [0.29, 0.717) is 12.5 Å². The number of hydrogen-bond acceptors (Lipinski definition) is 5. The van der Waals surface area contributed by atoms with Gasteiger partial charge in [-0.15, -0.1) is 0 Å². The Morgan fingerprint density at radius 1 is 1.14 bits per heavy atom. The van der Waals surface area contributed by atoms with Gasteiger partial charge in [0.05, 0.1) is 0 Å². The minimum absolute atomic E-state index is 0.132. The second kappa shape index (κ2) is 7.26. The molecule has 8 heteroatoms. The van der Waals surface area contributed by atoms with Crippen molar-refractivity contribution in [3.8, 4) is 11.5 Å². The zero-order chi connectivity index (χ0) is 18.9. The van der Waals surface area contributed by atoms with Crippen molar-refractivity contribution < 1.29 is 14.3 Å². The molecule has 1 aromatic carbocycles. The van der Waals surface area contributed by atoms with Crippen LogP contribution in [0.5, 0.6) is 11.5 Å². The number of urea groups is 1. The number of carbonyl (C=O) groups is 1. The van der Waals surface area contributed by atoms with E-state index in [4.69, 9.17) is 9.47 Å². The third-order valence-corrected chi connectivity index (χ3v) is 5.65. The molecule has 1 aromatic heterocycles. The lowest BCUT2D eigenvalue weighted by molar-refractivity contribution is 0.174. The van der Waals surface area contributed by atoms with E-state index in [-0.39, 0.29) is 18.9 Å². The predicted octanol–water partition coefficient (Wildman–Crippen LogP) is 2.48. The van der Waals surface area contributed by atoms with Crippen LogP contribution in [0, 0.1) is 0 Å². The molecule has 3 N–H and O–H groups in total. The molecule has 2 amide bonds. The number of H-pyrrole nitrogens is 1. The van der Waals surface area contributed by atoms with Crippen molar-refractivity contribution in [3.63, 3.8) is 0 Å². The summed E-state index contributed by atoms with van der Waals surface area (Å²) in [5, 5.41) is 13.6. The minimum Gasteiger partial charge on any atom is -0.454 e. The van der Waals surface area contributed by atoms with Crippen molar-refractivity contribution in [1.29, 1.82) is 0 Å². The van der Waals surface area contributed by atoms with Crippen LogP contribution in [0.1, 0.15) is 42.9 Å². The molecule has 0 bridgehead atoms. The van der Waals surface area contributed by atoms with Crippen molar-refractivity contribution in [2.45, 2.75) is 44.2 Å². The lowest BCUT2D eigenvalue weighted by Gasteiger charge is -2.32. The molecule has 3 heterocycles. The van der Waals surface area contributed by atoms with Crippen molar-refractivity contribution in [2.75, 3.05) is 24.8 Å². The Labute approximate surface area is 163 Å². The summed E-state index contributed by atoms with van der Waals surface area (Å²) in [6.45, 7) is 2.52. The van der Waals surface area contributed by atoms with Crippen molar-refractivity contribution in [2.24, 2.45) is 0 Å². The number of benzene rings is 1. The Kier molecular flexibility index (Phi) is 4.46. The van der Waals surface area contributed by atoms with Crippen LogP contribution in [0.4, 0.5) is 10.6 Å². The van der Waals surface area contributed by atoms with Gasteiger partial charge >= 0.3 is 6.03 Å². The standard InChI is InChI=1S/C20H25N5O3/c26-20(21-11-13-1-4-17-18(9-13)28-12-27-17)22-15-5-7-25(8-6-15)19-10-16(23-24-19)14-2-3-14/h1,4,9-10,14-15H,2-3,5-8,11-12H2,(H,23,24)(H2,21,22,26). The number of hydrogen-bond donors (Lipinski definition) is 3. The summed E-state index contributed by atoms with van der Waals surface area (Å²) in [5.74, 6) is 3.21. The van der Waals surface area contributed by atoms with Gasteiger partial charge in [-0.05, 0) is 43.4 Å². The fraction of sp³-hybridized carbons (Fsp3) is 0.500. The van der Waals surface area contributed by atoms with Crippen LogP contribution in [0.25, 0.3) is 0 Å². The molecule has 8 nitrogen and oxygen atoms in total. The Balaban J connectivity index is 1.07. The van der Waals surface area contributed by atoms with Gasteiger partial charge in [0.2, 0.25) is 6.79 Å². The van der Waals surface area contributed by atoms with E-state index < -0.39 is 0 Å². The molecule has 1 saturated heterocycles. The maximum Gasteiger partial charge on any atom is 0.315 e. The van der Waals surface area contributed by atoms with Gasteiger partial charge in [-0.1, -0.05) is 6.07 Å². The van der Waals surface area contributed by atoms with E-state index in [2.05, 4.69) is 31.8 Å². The molecular formula is C20H25N5O3. The monoisotopic (exact) mass is 383 g/mol. The summed E-state index contributed by atoms with van der Waals surface area (Å²) in [6.07, 6.45) is 4.39. The van der Waals surface area contributed by atoms with Crippen molar-refractivity contribution >= 4 is 11.8 Å². The smallest absolute Gasteiger partial charge is 0.315 e. The van der Waals surface area contributed by atoms with E-state index in [0.717, 1.165) is 48.8 Å². The molecule has 1 aliphatic carbocycles. The molecule has 0 unspecified atom stereocenters. The SMILES string of the molecule is O=C(NCc1ccc2c(c1)OCO2)NC1CCN(c2cc(C3CC3)[nH]n2)CC1. The summed E-state index contributed by atoms with van der Waals surface area (Å²) in [4.78, 5) is 14.5. The number of rotatable bonds is 5. The molecule has 0 atom stereocenters. The third kappa shape index (κ3) is 3.72. The minimum atomic E-state index is -0.132. The van der Waals surface area contributed by atoms with E-state index in [1.54, 1.807) is 0 Å². The summed E-state index contributed by atoms with van der Waals surface area (Å²) >= 11 is 0. The number of fused-ring (bicyclic) bond motifs is 1. The Morgan fingerprint density at radius 3 is 2.79 bits per heavy atom. The van der Waals surface area contributed by atoms with E-state index in [9.17, 15) is 4.79 Å². The Morgan fingerprint density at radius 2 is 1.96 bits per heavy atom. The maximum atomic E-state index is 12.2. The van der Waals surface area contributed by atoms with Crippen LogP contribution in [0.3, 0.4) is 0 Å². The molecule has 148 valence electrons. The van der Waals surface area contributed by atoms with Gasteiger partial charge in [0.1, 0.15) is 0 Å². The van der Waals surface area contributed by atoms with Crippen LogP contribution in [-0.2, 0) is 6.54 Å². The number of nitrogens with one attached hydrogen (secondary N) is 3. The fourth-order valence-corrected chi connectivity index (χ4v) is 3.81. The van der Waals surface area contributed by atoms with Crippen molar-refractivity contribution in [1.82, 2.24) is 20.8 Å². The number of amides is 2. The Bertz CT molecular complexity index is 855. The third-order valence-electron chi connectivity index (χ3n) is 5.65. The largest absolute Gasteiger partial charge is 0.454 e. The lowest BCUT2D eigenvalue weighted by Crippen LogP contribution is -2.47. The summed E-state index contributed by atoms with van der Waals surface area (Å²) in [7, 11) is 0. The van der Waals surface area contributed by atoms with E-state index in [1.807, 2.05) is 18.2 Å². The van der Waals surface area contributed by atoms with Gasteiger partial charge in [0, 0.05) is 43.4 Å². The molecular weight excluding hydrogens is 358 g/mol. The first-order valence-corrected chi connectivity index (χ1v) is 9.98. The van der Waals surface area contributed by atoms with Crippen LogP contribution >= 0.6 is 0 Å². The molecule has 2 aromatic rings. The van der Waals surface area contributed by atoms with Crippen LogP contribution in [0.15, 0.2) is 24.3 Å². The lowest BCUT2D eigenvalue weighted by atomic mass is 10.1. The molecule has 2 fully saturated rings. The van der Waals surface area contributed by atoms with Crippen LogP contribution < -0.4 is 25.0 Å². The van der Waals surface area contributed by atoms with Crippen molar-refractivity contribution in [3.05, 3.63) is 35.5 Å².